The minimum Gasteiger partial charge on any atom is -0.319 e. The Balaban J connectivity index is 1.97. The summed E-state index contributed by atoms with van der Waals surface area (Å²) in [7, 11) is 4.36. The Morgan fingerprint density at radius 2 is 2.05 bits per heavy atom. The average Bonchev–Trinajstić information content (AvgIpc) is 2.41. The van der Waals surface area contributed by atoms with Gasteiger partial charge in [-0.2, -0.15) is 0 Å². The van der Waals surface area contributed by atoms with Gasteiger partial charge in [-0.25, -0.2) is 0 Å². The van der Waals surface area contributed by atoms with Crippen molar-refractivity contribution in [3.8, 4) is 0 Å². The quantitative estimate of drug-likeness (QED) is 0.820. The summed E-state index contributed by atoms with van der Waals surface area (Å²) in [6, 6.07) is 8.70. The van der Waals surface area contributed by atoms with Crippen LogP contribution in [0.2, 0.25) is 0 Å². The average molecular weight is 353 g/mol. The standard InChI is InChI=1S/C18H29BrN2/c1-15-5-4-10-18(11-15,13-20-2)14-21(3)12-16-6-8-17(19)9-7-16/h6-9,15,20H,4-5,10-14H2,1-3H3. The molecule has 1 fully saturated rings. The van der Waals surface area contributed by atoms with Crippen LogP contribution in [0.5, 0.6) is 0 Å². The second-order valence-electron chi connectivity index (χ2n) is 7.03. The van der Waals surface area contributed by atoms with E-state index in [0.29, 0.717) is 5.41 Å². The van der Waals surface area contributed by atoms with Gasteiger partial charge in [0, 0.05) is 24.1 Å². The fourth-order valence-corrected chi connectivity index (χ4v) is 4.30. The normalized spacial score (nSPS) is 26.2. The van der Waals surface area contributed by atoms with Gasteiger partial charge in [0.1, 0.15) is 0 Å². The second kappa shape index (κ2) is 7.75. The minimum atomic E-state index is 0.455. The molecular weight excluding hydrogens is 324 g/mol. The molecule has 2 atom stereocenters. The number of rotatable bonds is 6. The van der Waals surface area contributed by atoms with Gasteiger partial charge in [0.2, 0.25) is 0 Å². The molecule has 0 saturated heterocycles. The Bertz CT molecular complexity index is 427. The van der Waals surface area contributed by atoms with E-state index in [1.54, 1.807) is 0 Å². The van der Waals surface area contributed by atoms with Crippen LogP contribution < -0.4 is 5.32 Å². The van der Waals surface area contributed by atoms with Crippen LogP contribution >= 0.6 is 15.9 Å². The summed E-state index contributed by atoms with van der Waals surface area (Å²) in [6.45, 7) is 5.78. The topological polar surface area (TPSA) is 15.3 Å². The Hall–Kier alpha value is -0.380. The Morgan fingerprint density at radius 3 is 2.67 bits per heavy atom. The summed E-state index contributed by atoms with van der Waals surface area (Å²) in [5.41, 5.74) is 1.85. The van der Waals surface area contributed by atoms with E-state index in [1.807, 2.05) is 0 Å². The number of halogens is 1. The first-order valence-corrected chi connectivity index (χ1v) is 8.90. The van der Waals surface area contributed by atoms with Gasteiger partial charge in [-0.05, 0) is 56.0 Å². The Labute approximate surface area is 138 Å². The lowest BCUT2D eigenvalue weighted by molar-refractivity contribution is 0.0910. The molecule has 118 valence electrons. The first-order chi connectivity index (χ1) is 10.0. The summed E-state index contributed by atoms with van der Waals surface area (Å²) < 4.78 is 1.15. The predicted octanol–water partition coefficient (Wildman–Crippen LogP) is 4.30. The molecule has 2 unspecified atom stereocenters. The van der Waals surface area contributed by atoms with Crippen LogP contribution in [0, 0.1) is 11.3 Å². The van der Waals surface area contributed by atoms with Crippen LogP contribution in [-0.2, 0) is 6.54 Å². The third-order valence-corrected chi connectivity index (χ3v) is 5.24. The maximum Gasteiger partial charge on any atom is 0.0230 e. The van der Waals surface area contributed by atoms with Crippen LogP contribution in [0.4, 0.5) is 0 Å². The smallest absolute Gasteiger partial charge is 0.0230 e. The van der Waals surface area contributed by atoms with Crippen LogP contribution in [0.1, 0.15) is 38.2 Å². The SMILES string of the molecule is CNCC1(CN(C)Cc2ccc(Br)cc2)CCCC(C)C1. The zero-order chi connectivity index (χ0) is 15.3. The lowest BCUT2D eigenvalue weighted by atomic mass is 9.69. The van der Waals surface area contributed by atoms with Crippen molar-refractivity contribution >= 4 is 15.9 Å². The molecule has 21 heavy (non-hydrogen) atoms. The molecule has 1 aliphatic rings. The molecule has 0 aromatic heterocycles. The maximum atomic E-state index is 3.51. The van der Waals surface area contributed by atoms with Crippen LogP contribution in [0.15, 0.2) is 28.7 Å². The van der Waals surface area contributed by atoms with Crippen LogP contribution in [0.25, 0.3) is 0 Å². The fraction of sp³-hybridized carbons (Fsp3) is 0.667. The second-order valence-corrected chi connectivity index (χ2v) is 7.95. The fourth-order valence-electron chi connectivity index (χ4n) is 4.03. The molecule has 0 amide bonds. The zero-order valence-electron chi connectivity index (χ0n) is 13.7. The van der Waals surface area contributed by atoms with E-state index < -0.39 is 0 Å². The molecular formula is C18H29BrN2. The van der Waals surface area contributed by atoms with Crippen molar-refractivity contribution < 1.29 is 0 Å². The monoisotopic (exact) mass is 352 g/mol. The maximum absolute atomic E-state index is 3.51. The summed E-state index contributed by atoms with van der Waals surface area (Å²) >= 11 is 3.51. The van der Waals surface area contributed by atoms with Crippen molar-refractivity contribution in [1.29, 1.82) is 0 Å². The highest BCUT2D eigenvalue weighted by Gasteiger charge is 2.35. The van der Waals surface area contributed by atoms with E-state index in [2.05, 4.69) is 71.4 Å². The van der Waals surface area contributed by atoms with Crippen molar-refractivity contribution in [2.24, 2.45) is 11.3 Å². The van der Waals surface area contributed by atoms with E-state index in [0.717, 1.165) is 23.5 Å². The van der Waals surface area contributed by atoms with Gasteiger partial charge >= 0.3 is 0 Å². The number of nitrogens with zero attached hydrogens (tertiary/aromatic N) is 1. The van der Waals surface area contributed by atoms with E-state index >= 15 is 0 Å². The van der Waals surface area contributed by atoms with Gasteiger partial charge in [0.15, 0.2) is 0 Å². The molecule has 2 rings (SSSR count). The molecule has 1 N–H and O–H groups in total. The molecule has 0 heterocycles. The highest BCUT2D eigenvalue weighted by molar-refractivity contribution is 9.10. The van der Waals surface area contributed by atoms with E-state index in [9.17, 15) is 0 Å². The van der Waals surface area contributed by atoms with Gasteiger partial charge in [-0.15, -0.1) is 0 Å². The molecule has 2 nitrogen and oxygen atoms in total. The van der Waals surface area contributed by atoms with Crippen molar-refractivity contribution in [3.05, 3.63) is 34.3 Å². The first kappa shape index (κ1) is 17.0. The van der Waals surface area contributed by atoms with Crippen molar-refractivity contribution in [2.45, 2.75) is 39.2 Å². The lowest BCUT2D eigenvalue weighted by Gasteiger charge is -2.42. The van der Waals surface area contributed by atoms with Gasteiger partial charge in [0.25, 0.3) is 0 Å². The summed E-state index contributed by atoms with van der Waals surface area (Å²) in [4.78, 5) is 2.50. The highest BCUT2D eigenvalue weighted by atomic mass is 79.9. The Kier molecular flexibility index (Phi) is 6.27. The van der Waals surface area contributed by atoms with Crippen LogP contribution in [-0.4, -0.2) is 32.1 Å². The number of hydrogen-bond donors (Lipinski definition) is 1. The summed E-state index contributed by atoms with van der Waals surface area (Å²) in [6.07, 6.45) is 5.51. The van der Waals surface area contributed by atoms with Gasteiger partial charge in [-0.3, -0.25) is 0 Å². The van der Waals surface area contributed by atoms with Crippen LogP contribution in [0.3, 0.4) is 0 Å². The predicted molar refractivity (Wildman–Crippen MR) is 94.5 cm³/mol. The van der Waals surface area contributed by atoms with Crippen molar-refractivity contribution in [2.75, 3.05) is 27.2 Å². The summed E-state index contributed by atoms with van der Waals surface area (Å²) in [5, 5.41) is 3.44. The van der Waals surface area contributed by atoms with Crippen molar-refractivity contribution in [1.82, 2.24) is 10.2 Å². The zero-order valence-corrected chi connectivity index (χ0v) is 15.2. The first-order valence-electron chi connectivity index (χ1n) is 8.11. The molecule has 1 aromatic carbocycles. The molecule has 0 aliphatic heterocycles. The number of nitrogens with one attached hydrogen (secondary N) is 1. The van der Waals surface area contributed by atoms with Crippen molar-refractivity contribution in [3.63, 3.8) is 0 Å². The molecule has 1 saturated carbocycles. The molecule has 0 radical (unpaired) electrons. The highest BCUT2D eigenvalue weighted by Crippen LogP contribution is 2.39. The largest absolute Gasteiger partial charge is 0.319 e. The van der Waals surface area contributed by atoms with Gasteiger partial charge < -0.3 is 10.2 Å². The third-order valence-electron chi connectivity index (χ3n) is 4.71. The molecule has 3 heteroatoms. The minimum absolute atomic E-state index is 0.455. The molecule has 0 bridgehead atoms. The lowest BCUT2D eigenvalue weighted by Crippen LogP contribution is -2.44. The third kappa shape index (κ3) is 5.08. The van der Waals surface area contributed by atoms with E-state index in [-0.39, 0.29) is 0 Å². The van der Waals surface area contributed by atoms with E-state index in [4.69, 9.17) is 0 Å². The summed E-state index contributed by atoms with van der Waals surface area (Å²) in [5.74, 6) is 0.869. The Morgan fingerprint density at radius 1 is 1.33 bits per heavy atom. The molecule has 1 aromatic rings. The van der Waals surface area contributed by atoms with Gasteiger partial charge in [-0.1, -0.05) is 47.8 Å². The molecule has 0 spiro atoms. The van der Waals surface area contributed by atoms with Gasteiger partial charge in [0.05, 0.1) is 0 Å². The molecule has 1 aliphatic carbocycles. The number of hydrogen-bond acceptors (Lipinski definition) is 2. The van der Waals surface area contributed by atoms with E-state index in [1.165, 1.54) is 37.8 Å². The number of benzene rings is 1.